The van der Waals surface area contributed by atoms with Crippen molar-refractivity contribution in [3.05, 3.63) is 115 Å². The van der Waals surface area contributed by atoms with Crippen LogP contribution in [0.25, 0.3) is 22.3 Å². The Morgan fingerprint density at radius 1 is 1.07 bits per heavy atom. The average molecular weight is 733 g/mol. The number of rotatable bonds is 8. The van der Waals surface area contributed by atoms with Gasteiger partial charge in [0, 0.05) is 16.3 Å². The maximum atomic E-state index is 13.5. The van der Waals surface area contributed by atoms with Crippen LogP contribution in [-0.4, -0.2) is 35.5 Å². The Balaban J connectivity index is 1.46. The number of amides is 1. The van der Waals surface area contributed by atoms with Crippen LogP contribution in [0.1, 0.15) is 11.1 Å². The summed E-state index contributed by atoms with van der Waals surface area (Å²) in [6.07, 6.45) is -3.23. The molecule has 0 aliphatic heterocycles. The lowest BCUT2D eigenvalue weighted by Crippen LogP contribution is -2.21. The van der Waals surface area contributed by atoms with Crippen molar-refractivity contribution >= 4 is 62.9 Å². The summed E-state index contributed by atoms with van der Waals surface area (Å²) in [5.41, 5.74) is -0.0301. The van der Waals surface area contributed by atoms with Crippen LogP contribution in [0.15, 0.2) is 94.8 Å². The SMILES string of the molecule is COc1cc(C=Nn2c(-c3cccc(C(F)(F)F)c3)nc3ccccc3c2=O)cc(I)c1OCC(=O)Nc1ccc(Cl)cc1. The maximum Gasteiger partial charge on any atom is 0.416 e. The molecule has 5 rings (SSSR count). The third-order valence-corrected chi connectivity index (χ3v) is 7.30. The smallest absolute Gasteiger partial charge is 0.416 e. The Morgan fingerprint density at radius 2 is 1.82 bits per heavy atom. The van der Waals surface area contributed by atoms with Gasteiger partial charge in [-0.3, -0.25) is 9.59 Å². The Morgan fingerprint density at radius 3 is 2.55 bits per heavy atom. The summed E-state index contributed by atoms with van der Waals surface area (Å²) in [5, 5.41) is 7.82. The van der Waals surface area contributed by atoms with E-state index in [1.165, 1.54) is 25.5 Å². The molecule has 0 saturated carbocycles. The molecule has 1 heterocycles. The molecule has 0 aliphatic rings. The lowest BCUT2D eigenvalue weighted by atomic mass is 10.1. The minimum atomic E-state index is -4.59. The summed E-state index contributed by atoms with van der Waals surface area (Å²) in [6.45, 7) is -0.305. The number of methoxy groups -OCH3 is 1. The largest absolute Gasteiger partial charge is 0.493 e. The van der Waals surface area contributed by atoms with Gasteiger partial charge in [0.2, 0.25) is 0 Å². The first-order valence-electron chi connectivity index (χ1n) is 12.8. The number of hydrogen-bond acceptors (Lipinski definition) is 6. The number of halogens is 5. The summed E-state index contributed by atoms with van der Waals surface area (Å²) in [6, 6.07) is 20.9. The fourth-order valence-electron chi connectivity index (χ4n) is 4.20. The molecule has 1 N–H and O–H groups in total. The van der Waals surface area contributed by atoms with E-state index in [0.717, 1.165) is 16.8 Å². The molecule has 4 aromatic carbocycles. The number of carbonyl (C=O) groups excluding carboxylic acids is 1. The fraction of sp³-hybridized carbons (Fsp3) is 0.0968. The number of aromatic nitrogens is 2. The minimum Gasteiger partial charge on any atom is -0.493 e. The summed E-state index contributed by atoms with van der Waals surface area (Å²) in [7, 11) is 1.43. The van der Waals surface area contributed by atoms with Crippen LogP contribution in [0.4, 0.5) is 18.9 Å². The molecule has 0 radical (unpaired) electrons. The number of benzene rings is 4. The van der Waals surface area contributed by atoms with Crippen molar-refractivity contribution in [1.82, 2.24) is 9.66 Å². The van der Waals surface area contributed by atoms with E-state index in [0.29, 0.717) is 36.9 Å². The molecular weight excluding hydrogens is 712 g/mol. The van der Waals surface area contributed by atoms with E-state index in [-0.39, 0.29) is 23.4 Å². The van der Waals surface area contributed by atoms with Crippen molar-refractivity contribution in [2.45, 2.75) is 6.18 Å². The van der Waals surface area contributed by atoms with Gasteiger partial charge in [0.05, 0.1) is 33.4 Å². The molecule has 44 heavy (non-hydrogen) atoms. The predicted octanol–water partition coefficient (Wildman–Crippen LogP) is 7.25. The zero-order chi connectivity index (χ0) is 31.4. The number of ether oxygens (including phenoxy) is 2. The van der Waals surface area contributed by atoms with Crippen molar-refractivity contribution in [3.8, 4) is 22.9 Å². The summed E-state index contributed by atoms with van der Waals surface area (Å²) in [5.74, 6) is 0.135. The molecule has 0 bridgehead atoms. The van der Waals surface area contributed by atoms with Crippen molar-refractivity contribution in [1.29, 1.82) is 0 Å². The molecule has 1 aromatic heterocycles. The Hall–Kier alpha value is -4.43. The lowest BCUT2D eigenvalue weighted by Gasteiger charge is -2.14. The lowest BCUT2D eigenvalue weighted by molar-refractivity contribution is -0.137. The second kappa shape index (κ2) is 13.1. The third-order valence-electron chi connectivity index (χ3n) is 6.25. The second-order valence-electron chi connectivity index (χ2n) is 9.27. The molecule has 0 unspecified atom stereocenters. The van der Waals surface area contributed by atoms with Gasteiger partial charge in [-0.2, -0.15) is 22.9 Å². The standard InChI is InChI=1S/C31H21ClF3IN4O4/c1-43-26-14-18(13-24(36)28(26)44-17-27(41)38-22-11-9-21(32)10-12-22)16-37-40-29(19-5-4-6-20(15-19)31(33,34)35)39-25-8-3-2-7-23(25)30(40)42/h2-16H,17H2,1H3,(H,38,41). The molecule has 0 aliphatic carbocycles. The summed E-state index contributed by atoms with van der Waals surface area (Å²) >= 11 is 7.89. The highest BCUT2D eigenvalue weighted by Gasteiger charge is 2.31. The number of para-hydroxylation sites is 1. The quantitative estimate of drug-likeness (QED) is 0.134. The maximum absolute atomic E-state index is 13.5. The van der Waals surface area contributed by atoms with E-state index in [1.54, 1.807) is 60.7 Å². The normalized spacial score (nSPS) is 11.6. The molecular formula is C31H21ClF3IN4O4. The highest BCUT2D eigenvalue weighted by Crippen LogP contribution is 2.34. The van der Waals surface area contributed by atoms with E-state index in [9.17, 15) is 22.8 Å². The van der Waals surface area contributed by atoms with E-state index in [2.05, 4.69) is 15.4 Å². The van der Waals surface area contributed by atoms with Crippen molar-refractivity contribution < 1.29 is 27.4 Å². The van der Waals surface area contributed by atoms with E-state index in [1.807, 2.05) is 22.6 Å². The number of nitrogens with zero attached hydrogens (tertiary/aromatic N) is 3. The van der Waals surface area contributed by atoms with Gasteiger partial charge in [-0.15, -0.1) is 0 Å². The molecule has 8 nitrogen and oxygen atoms in total. The van der Waals surface area contributed by atoms with Crippen molar-refractivity contribution in [2.75, 3.05) is 19.0 Å². The van der Waals surface area contributed by atoms with Gasteiger partial charge in [0.1, 0.15) is 0 Å². The van der Waals surface area contributed by atoms with Crippen LogP contribution in [0.2, 0.25) is 5.02 Å². The number of nitrogens with one attached hydrogen (secondary N) is 1. The number of alkyl halides is 3. The van der Waals surface area contributed by atoms with Gasteiger partial charge in [0.15, 0.2) is 23.9 Å². The number of anilines is 1. The van der Waals surface area contributed by atoms with Crippen molar-refractivity contribution in [3.63, 3.8) is 0 Å². The summed E-state index contributed by atoms with van der Waals surface area (Å²) in [4.78, 5) is 30.4. The predicted molar refractivity (Wildman–Crippen MR) is 171 cm³/mol. The zero-order valence-corrected chi connectivity index (χ0v) is 25.6. The highest BCUT2D eigenvalue weighted by atomic mass is 127. The van der Waals surface area contributed by atoms with Crippen LogP contribution in [0, 0.1) is 3.57 Å². The van der Waals surface area contributed by atoms with Gasteiger partial charge >= 0.3 is 6.18 Å². The van der Waals surface area contributed by atoms with E-state index < -0.39 is 23.2 Å². The Kier molecular flexibility index (Phi) is 9.20. The number of fused-ring (bicyclic) bond motifs is 1. The molecule has 0 fully saturated rings. The average Bonchev–Trinajstić information content (AvgIpc) is 3.00. The summed E-state index contributed by atoms with van der Waals surface area (Å²) < 4.78 is 53.2. The van der Waals surface area contributed by atoms with E-state index >= 15 is 0 Å². The van der Waals surface area contributed by atoms with Crippen LogP contribution < -0.4 is 20.3 Å². The van der Waals surface area contributed by atoms with Gasteiger partial charge < -0.3 is 14.8 Å². The van der Waals surface area contributed by atoms with Crippen LogP contribution in [0.5, 0.6) is 11.5 Å². The molecule has 0 spiro atoms. The van der Waals surface area contributed by atoms with Crippen LogP contribution in [0.3, 0.4) is 0 Å². The molecule has 13 heteroatoms. The number of carbonyl (C=O) groups is 1. The van der Waals surface area contributed by atoms with E-state index in [4.69, 9.17) is 21.1 Å². The highest BCUT2D eigenvalue weighted by molar-refractivity contribution is 14.1. The van der Waals surface area contributed by atoms with Crippen molar-refractivity contribution in [2.24, 2.45) is 5.10 Å². The molecule has 0 saturated heterocycles. The second-order valence-corrected chi connectivity index (χ2v) is 10.9. The van der Waals surface area contributed by atoms with Gasteiger partial charge in [-0.25, -0.2) is 4.98 Å². The molecule has 224 valence electrons. The monoisotopic (exact) mass is 732 g/mol. The molecule has 1 amide bonds. The topological polar surface area (TPSA) is 94.8 Å². The first-order chi connectivity index (χ1) is 21.0. The van der Waals surface area contributed by atoms with Crippen LogP contribution in [-0.2, 0) is 11.0 Å². The minimum absolute atomic E-state index is 0.0626. The Bertz CT molecular complexity index is 1950. The van der Waals surface area contributed by atoms with Gasteiger partial charge in [0.25, 0.3) is 11.5 Å². The van der Waals surface area contributed by atoms with Gasteiger partial charge in [-0.1, -0.05) is 35.9 Å². The zero-order valence-electron chi connectivity index (χ0n) is 22.7. The fourth-order valence-corrected chi connectivity index (χ4v) is 5.11. The Labute approximate surface area is 267 Å². The third kappa shape index (κ3) is 7.03. The molecule has 0 atom stereocenters. The number of hydrogen-bond donors (Lipinski definition) is 1. The molecule has 5 aromatic rings. The first kappa shape index (κ1) is 31.0. The first-order valence-corrected chi connectivity index (χ1v) is 14.3. The van der Waals surface area contributed by atoms with Gasteiger partial charge in [-0.05, 0) is 88.8 Å². The van der Waals surface area contributed by atoms with Crippen LogP contribution >= 0.6 is 34.2 Å².